The lowest BCUT2D eigenvalue weighted by molar-refractivity contribution is -0.0497. The first-order valence-electron chi connectivity index (χ1n) is 16.8. The number of aromatic nitrogens is 2. The number of pyridine rings is 2. The minimum Gasteiger partial charge on any atom is -0.249 e. The van der Waals surface area contributed by atoms with Crippen LogP contribution in [0.15, 0.2) is 64.4 Å². The summed E-state index contributed by atoms with van der Waals surface area (Å²) in [4.78, 5) is 9.10. The molecule has 0 N–H and O–H groups in total. The number of nitrogens with zero attached hydrogens (tertiary/aromatic N) is 2. The Morgan fingerprint density at radius 2 is 1.76 bits per heavy atom. The van der Waals surface area contributed by atoms with E-state index in [0.717, 1.165) is 46.1 Å². The molecule has 4 aliphatic carbocycles. The maximum Gasteiger partial charge on any atom is 0.107 e. The first-order valence-corrected chi connectivity index (χ1v) is 19.5. The summed E-state index contributed by atoms with van der Waals surface area (Å²) in [5.41, 5.74) is 4.18. The summed E-state index contributed by atoms with van der Waals surface area (Å²) >= 11 is 4.88. The van der Waals surface area contributed by atoms with E-state index >= 15 is 0 Å². The van der Waals surface area contributed by atoms with E-state index in [2.05, 4.69) is 57.1 Å². The summed E-state index contributed by atoms with van der Waals surface area (Å²) < 4.78 is 0. The molecule has 0 amide bonds. The Bertz CT molecular complexity index is 1220. The van der Waals surface area contributed by atoms with Crippen LogP contribution in [0.3, 0.4) is 0 Å². The SMILES string of the molecule is CC(CCC[C@@H](C)[C@H]1CCC2C3CC=C4C[C@@H](S)CC[C@]4(C)C3CC[C@@]21C)Cc1ccc(SSc2ccccn2)nc1. The third-order valence-electron chi connectivity index (χ3n) is 12.4. The zero-order chi connectivity index (χ0) is 29.3. The van der Waals surface area contributed by atoms with E-state index in [1.807, 2.05) is 24.4 Å². The molecule has 9 atom stereocenters. The highest BCUT2D eigenvalue weighted by Gasteiger charge is 2.59. The van der Waals surface area contributed by atoms with Crippen molar-refractivity contribution < 1.29 is 0 Å². The Morgan fingerprint density at radius 3 is 2.52 bits per heavy atom. The lowest BCUT2D eigenvalue weighted by Gasteiger charge is -2.58. The second-order valence-corrected chi connectivity index (χ2v) is 17.8. The fraction of sp³-hybridized carbons (Fsp3) is 0.676. The van der Waals surface area contributed by atoms with Crippen LogP contribution in [0.2, 0.25) is 0 Å². The van der Waals surface area contributed by atoms with E-state index in [1.165, 1.54) is 76.2 Å². The van der Waals surface area contributed by atoms with Gasteiger partial charge in [-0.15, -0.1) is 0 Å². The monoisotopic (exact) mass is 620 g/mol. The molecule has 0 aromatic carbocycles. The van der Waals surface area contributed by atoms with Crippen molar-refractivity contribution in [1.82, 2.24) is 9.97 Å². The number of thiol groups is 1. The Hall–Kier alpha value is -0.910. The van der Waals surface area contributed by atoms with Crippen molar-refractivity contribution >= 4 is 34.2 Å². The molecule has 2 nitrogen and oxygen atoms in total. The molecule has 228 valence electrons. The van der Waals surface area contributed by atoms with Gasteiger partial charge < -0.3 is 0 Å². The van der Waals surface area contributed by atoms with Crippen LogP contribution in [0, 0.1) is 46.3 Å². The molecule has 6 rings (SSSR count). The summed E-state index contributed by atoms with van der Waals surface area (Å²) in [5.74, 6) is 5.28. The molecule has 0 aliphatic heterocycles. The van der Waals surface area contributed by atoms with Crippen LogP contribution in [0.25, 0.3) is 0 Å². The maximum absolute atomic E-state index is 4.88. The number of hydrogen-bond donors (Lipinski definition) is 1. The minimum absolute atomic E-state index is 0.469. The summed E-state index contributed by atoms with van der Waals surface area (Å²) in [6.45, 7) is 10.4. The van der Waals surface area contributed by atoms with Gasteiger partial charge in [0.25, 0.3) is 0 Å². The average Bonchev–Trinajstić information content (AvgIpc) is 3.35. The molecule has 4 aliphatic rings. The quantitative estimate of drug-likeness (QED) is 0.162. The van der Waals surface area contributed by atoms with Gasteiger partial charge in [0.05, 0.1) is 0 Å². The van der Waals surface area contributed by atoms with E-state index in [9.17, 15) is 0 Å². The molecule has 0 spiro atoms. The largest absolute Gasteiger partial charge is 0.249 e. The van der Waals surface area contributed by atoms with Crippen LogP contribution in [0.4, 0.5) is 0 Å². The molecule has 2 heterocycles. The topological polar surface area (TPSA) is 25.8 Å². The summed E-state index contributed by atoms with van der Waals surface area (Å²) in [6, 6.07) is 10.5. The standard InChI is InChI=1S/C37H52N2S3/c1-25(22-27-11-16-35(39-24-27)42-41-34-10-5-6-21-38-34)8-7-9-26(2)31-14-15-32-30-13-12-28-23-29(40)17-19-36(28,3)33(30)18-20-37(31,32)4/h5-6,10-12,16,21,24-26,29-33,40H,7-9,13-15,17-20,22-23H2,1-4H3/t25?,26-,29+,30?,31-,32?,33?,36+,37-/m1/s1. The van der Waals surface area contributed by atoms with Gasteiger partial charge in [-0.05, 0) is 149 Å². The first-order chi connectivity index (χ1) is 20.3. The third kappa shape index (κ3) is 6.41. The Kier molecular flexibility index (Phi) is 9.78. The zero-order valence-electron chi connectivity index (χ0n) is 26.3. The smallest absolute Gasteiger partial charge is 0.107 e. The Balaban J connectivity index is 0.973. The van der Waals surface area contributed by atoms with Crippen molar-refractivity contribution in [3.63, 3.8) is 0 Å². The van der Waals surface area contributed by atoms with Gasteiger partial charge in [-0.1, -0.05) is 70.7 Å². The van der Waals surface area contributed by atoms with Gasteiger partial charge in [-0.2, -0.15) is 12.6 Å². The van der Waals surface area contributed by atoms with Crippen molar-refractivity contribution in [3.8, 4) is 0 Å². The highest BCUT2D eigenvalue weighted by molar-refractivity contribution is 8.76. The van der Waals surface area contributed by atoms with E-state index in [0.29, 0.717) is 22.0 Å². The summed E-state index contributed by atoms with van der Waals surface area (Å²) in [7, 11) is 3.36. The molecule has 2 aromatic rings. The predicted octanol–water partition coefficient (Wildman–Crippen LogP) is 11.1. The molecule has 4 unspecified atom stereocenters. The minimum atomic E-state index is 0.469. The lowest BCUT2D eigenvalue weighted by atomic mass is 9.47. The van der Waals surface area contributed by atoms with Gasteiger partial charge >= 0.3 is 0 Å². The molecular formula is C37H52N2S3. The number of fused-ring (bicyclic) bond motifs is 5. The van der Waals surface area contributed by atoms with Crippen molar-refractivity contribution in [2.75, 3.05) is 0 Å². The number of rotatable bonds is 10. The molecule has 3 fully saturated rings. The summed E-state index contributed by atoms with van der Waals surface area (Å²) in [5, 5.41) is 2.67. The van der Waals surface area contributed by atoms with Crippen LogP contribution in [-0.2, 0) is 6.42 Å². The average molecular weight is 621 g/mol. The van der Waals surface area contributed by atoms with Crippen molar-refractivity contribution in [3.05, 3.63) is 59.9 Å². The molecule has 3 saturated carbocycles. The van der Waals surface area contributed by atoms with E-state index < -0.39 is 0 Å². The summed E-state index contributed by atoms with van der Waals surface area (Å²) in [6.07, 6.45) is 23.0. The molecule has 0 radical (unpaired) electrons. The van der Waals surface area contributed by atoms with Crippen LogP contribution in [0.5, 0.6) is 0 Å². The normalized spacial score (nSPS) is 35.5. The Labute approximate surface area is 269 Å². The van der Waals surface area contributed by atoms with Gasteiger partial charge in [0.2, 0.25) is 0 Å². The van der Waals surface area contributed by atoms with E-state index in [1.54, 1.807) is 27.2 Å². The number of allylic oxidation sites excluding steroid dienone is 2. The van der Waals surface area contributed by atoms with E-state index in [4.69, 9.17) is 17.6 Å². The van der Waals surface area contributed by atoms with Gasteiger partial charge in [-0.3, -0.25) is 0 Å². The van der Waals surface area contributed by atoms with Crippen molar-refractivity contribution in [2.24, 2.45) is 46.3 Å². The van der Waals surface area contributed by atoms with Gasteiger partial charge in [0, 0.05) is 17.6 Å². The molecular weight excluding hydrogens is 569 g/mol. The Morgan fingerprint density at radius 1 is 0.929 bits per heavy atom. The zero-order valence-corrected chi connectivity index (χ0v) is 28.8. The molecule has 0 bridgehead atoms. The van der Waals surface area contributed by atoms with Gasteiger partial charge in [-0.25, -0.2) is 9.97 Å². The predicted molar refractivity (Wildman–Crippen MR) is 184 cm³/mol. The molecule has 0 saturated heterocycles. The lowest BCUT2D eigenvalue weighted by Crippen LogP contribution is -2.50. The van der Waals surface area contributed by atoms with Gasteiger partial charge in [0.1, 0.15) is 10.1 Å². The highest BCUT2D eigenvalue weighted by Crippen LogP contribution is 2.67. The second-order valence-electron chi connectivity index (χ2n) is 14.9. The maximum atomic E-state index is 4.88. The molecule has 42 heavy (non-hydrogen) atoms. The van der Waals surface area contributed by atoms with Crippen molar-refractivity contribution in [2.45, 2.75) is 120 Å². The highest BCUT2D eigenvalue weighted by atomic mass is 33.1. The first kappa shape index (κ1) is 31.1. The number of hydrogen-bond acceptors (Lipinski definition) is 5. The van der Waals surface area contributed by atoms with E-state index in [-0.39, 0.29) is 0 Å². The van der Waals surface area contributed by atoms with Crippen LogP contribution < -0.4 is 0 Å². The van der Waals surface area contributed by atoms with Crippen LogP contribution in [-0.4, -0.2) is 15.2 Å². The molecule has 2 aromatic heterocycles. The third-order valence-corrected chi connectivity index (χ3v) is 15.0. The second kappa shape index (κ2) is 13.2. The van der Waals surface area contributed by atoms with Crippen molar-refractivity contribution in [1.29, 1.82) is 0 Å². The molecule has 5 heteroatoms. The van der Waals surface area contributed by atoms with Crippen LogP contribution >= 0.6 is 34.2 Å². The fourth-order valence-electron chi connectivity index (χ4n) is 10.2. The fourth-order valence-corrected chi connectivity index (χ4v) is 12.2. The van der Waals surface area contributed by atoms with Crippen LogP contribution in [0.1, 0.15) is 104 Å². The van der Waals surface area contributed by atoms with Gasteiger partial charge in [0.15, 0.2) is 0 Å².